The van der Waals surface area contributed by atoms with Crippen LogP contribution in [0.4, 0.5) is 0 Å². The summed E-state index contributed by atoms with van der Waals surface area (Å²) in [5.74, 6) is -1.60. The highest BCUT2D eigenvalue weighted by Gasteiger charge is 2.39. The van der Waals surface area contributed by atoms with E-state index in [9.17, 15) is 14.2 Å². The van der Waals surface area contributed by atoms with Gasteiger partial charge in [-0.3, -0.25) is 0 Å². The molecule has 1 aliphatic heterocycles. The predicted octanol–water partition coefficient (Wildman–Crippen LogP) is 0.134. The molecule has 1 fully saturated rings. The van der Waals surface area contributed by atoms with Crippen molar-refractivity contribution in [2.24, 2.45) is 0 Å². The first-order chi connectivity index (χ1) is 4.18. The first-order valence-electron chi connectivity index (χ1n) is 2.07. The van der Waals surface area contributed by atoms with Gasteiger partial charge in [0.25, 0.3) is 0 Å². The van der Waals surface area contributed by atoms with Gasteiger partial charge in [-0.25, -0.2) is 9.59 Å². The molecule has 48 valence electrons. The third-order valence-corrected chi connectivity index (χ3v) is 1.35. The van der Waals surface area contributed by atoms with Gasteiger partial charge in [0.2, 0.25) is 0 Å². The SMILES string of the molecule is O=C1CC(=O)O[P+](=O)O1. The highest BCUT2D eigenvalue weighted by molar-refractivity contribution is 7.35. The Morgan fingerprint density at radius 1 is 1.22 bits per heavy atom. The summed E-state index contributed by atoms with van der Waals surface area (Å²) in [6.07, 6.45) is -0.443. The zero-order chi connectivity index (χ0) is 6.85. The minimum atomic E-state index is -2.52. The topological polar surface area (TPSA) is 69.7 Å². The average Bonchev–Trinajstić information content (AvgIpc) is 1.59. The van der Waals surface area contributed by atoms with Crippen LogP contribution >= 0.6 is 8.25 Å². The second-order valence-corrected chi connectivity index (χ2v) is 2.14. The third-order valence-electron chi connectivity index (χ3n) is 0.641. The maximum atomic E-state index is 10.2. The van der Waals surface area contributed by atoms with Gasteiger partial charge in [-0.2, -0.15) is 9.05 Å². The maximum Gasteiger partial charge on any atom is 0.811 e. The number of hydrogen-bond acceptors (Lipinski definition) is 5. The molecule has 0 unspecified atom stereocenters. The van der Waals surface area contributed by atoms with Gasteiger partial charge < -0.3 is 0 Å². The van der Waals surface area contributed by atoms with Crippen molar-refractivity contribution >= 4 is 20.2 Å². The van der Waals surface area contributed by atoms with Gasteiger partial charge in [0.15, 0.2) is 6.42 Å². The van der Waals surface area contributed by atoms with E-state index in [1.165, 1.54) is 0 Å². The summed E-state index contributed by atoms with van der Waals surface area (Å²) in [4.78, 5) is 20.4. The number of carbonyl (C=O) groups is 2. The van der Waals surface area contributed by atoms with Gasteiger partial charge in [0.1, 0.15) is 0 Å². The second-order valence-electron chi connectivity index (χ2n) is 1.33. The average molecular weight is 149 g/mol. The van der Waals surface area contributed by atoms with Crippen molar-refractivity contribution in [3.8, 4) is 0 Å². The van der Waals surface area contributed by atoms with Crippen molar-refractivity contribution in [3.63, 3.8) is 0 Å². The summed E-state index contributed by atoms with van der Waals surface area (Å²) in [7, 11) is -2.52. The minimum absolute atomic E-state index is 0.443. The molecule has 0 radical (unpaired) electrons. The van der Waals surface area contributed by atoms with Crippen LogP contribution in [-0.2, 0) is 23.2 Å². The monoisotopic (exact) mass is 149 g/mol. The summed E-state index contributed by atoms with van der Waals surface area (Å²) >= 11 is 0. The van der Waals surface area contributed by atoms with Crippen LogP contribution in [-0.4, -0.2) is 11.9 Å². The van der Waals surface area contributed by atoms with Crippen LogP contribution in [0, 0.1) is 0 Å². The first-order valence-corrected chi connectivity index (χ1v) is 3.17. The molecule has 0 aromatic carbocycles. The normalized spacial score (nSPS) is 18.9. The summed E-state index contributed by atoms with van der Waals surface area (Å²) in [5.41, 5.74) is 0. The van der Waals surface area contributed by atoms with Crippen molar-refractivity contribution in [3.05, 3.63) is 0 Å². The molecule has 0 spiro atoms. The zero-order valence-corrected chi connectivity index (χ0v) is 5.09. The molecule has 0 atom stereocenters. The van der Waals surface area contributed by atoms with Crippen molar-refractivity contribution < 1.29 is 23.2 Å². The van der Waals surface area contributed by atoms with Crippen molar-refractivity contribution in [2.45, 2.75) is 6.42 Å². The molecule has 0 N–H and O–H groups in total. The molecule has 0 amide bonds. The van der Waals surface area contributed by atoms with Crippen molar-refractivity contribution in [1.82, 2.24) is 0 Å². The van der Waals surface area contributed by atoms with E-state index in [0.717, 1.165) is 0 Å². The standard InChI is InChI=1S/C3H2O5P/c4-2-1-3(5)8-9(6)7-2/h1H2/q+1. The molecule has 9 heavy (non-hydrogen) atoms. The predicted molar refractivity (Wildman–Crippen MR) is 24.4 cm³/mol. The highest BCUT2D eigenvalue weighted by atomic mass is 31.1. The molecule has 0 aromatic rings. The van der Waals surface area contributed by atoms with Crippen LogP contribution in [0.1, 0.15) is 6.42 Å². The summed E-state index contributed by atoms with van der Waals surface area (Å²) in [6, 6.07) is 0. The minimum Gasteiger partial charge on any atom is -0.246 e. The number of rotatable bonds is 0. The van der Waals surface area contributed by atoms with E-state index < -0.39 is 26.6 Å². The lowest BCUT2D eigenvalue weighted by Crippen LogP contribution is -2.14. The quantitative estimate of drug-likeness (QED) is 0.361. The van der Waals surface area contributed by atoms with Crippen molar-refractivity contribution in [1.29, 1.82) is 0 Å². The Labute approximate surface area is 50.9 Å². The van der Waals surface area contributed by atoms with Crippen LogP contribution in [0.3, 0.4) is 0 Å². The van der Waals surface area contributed by atoms with Crippen molar-refractivity contribution in [2.75, 3.05) is 0 Å². The molecule has 1 rings (SSSR count). The largest absolute Gasteiger partial charge is 0.811 e. The van der Waals surface area contributed by atoms with E-state index >= 15 is 0 Å². The van der Waals surface area contributed by atoms with Gasteiger partial charge in [-0.1, -0.05) is 0 Å². The van der Waals surface area contributed by atoms with Gasteiger partial charge in [-0.05, 0) is 0 Å². The molecule has 5 nitrogen and oxygen atoms in total. The van der Waals surface area contributed by atoms with Crippen LogP contribution in [0.15, 0.2) is 0 Å². The Bertz CT molecular complexity index is 139. The van der Waals surface area contributed by atoms with Gasteiger partial charge >= 0.3 is 20.2 Å². The highest BCUT2D eigenvalue weighted by Crippen LogP contribution is 2.29. The van der Waals surface area contributed by atoms with Gasteiger partial charge in [0.05, 0.1) is 0 Å². The van der Waals surface area contributed by atoms with E-state index in [0.29, 0.717) is 0 Å². The lowest BCUT2D eigenvalue weighted by atomic mass is 10.5. The number of hydrogen-bond donors (Lipinski definition) is 0. The molecule has 0 aromatic heterocycles. The Kier molecular flexibility index (Phi) is 1.44. The fraction of sp³-hybridized carbons (Fsp3) is 0.333. The van der Waals surface area contributed by atoms with E-state index in [2.05, 4.69) is 9.05 Å². The maximum absolute atomic E-state index is 10.2. The molecule has 0 aliphatic carbocycles. The molecule has 1 aliphatic rings. The summed E-state index contributed by atoms with van der Waals surface area (Å²) < 4.78 is 18.1. The van der Waals surface area contributed by atoms with Crippen LogP contribution in [0.2, 0.25) is 0 Å². The Morgan fingerprint density at radius 2 is 1.67 bits per heavy atom. The molecular weight excluding hydrogens is 147 g/mol. The lowest BCUT2D eigenvalue weighted by Gasteiger charge is -1.93. The number of carbonyl (C=O) groups excluding carboxylic acids is 2. The molecule has 0 saturated carbocycles. The van der Waals surface area contributed by atoms with Crippen LogP contribution < -0.4 is 0 Å². The Balaban J connectivity index is 2.64. The Morgan fingerprint density at radius 3 is 2.00 bits per heavy atom. The van der Waals surface area contributed by atoms with Crippen LogP contribution in [0.5, 0.6) is 0 Å². The van der Waals surface area contributed by atoms with E-state index in [-0.39, 0.29) is 0 Å². The second kappa shape index (κ2) is 2.11. The van der Waals surface area contributed by atoms with Crippen LogP contribution in [0.25, 0.3) is 0 Å². The molecule has 0 bridgehead atoms. The third kappa shape index (κ3) is 1.47. The Hall–Kier alpha value is -0.960. The molecule has 1 heterocycles. The van der Waals surface area contributed by atoms with E-state index in [1.807, 2.05) is 0 Å². The molecule has 1 saturated heterocycles. The smallest absolute Gasteiger partial charge is 0.246 e. The van der Waals surface area contributed by atoms with Gasteiger partial charge in [0, 0.05) is 4.57 Å². The fourth-order valence-electron chi connectivity index (χ4n) is 0.367. The van der Waals surface area contributed by atoms with Gasteiger partial charge in [-0.15, -0.1) is 0 Å². The van der Waals surface area contributed by atoms with E-state index in [4.69, 9.17) is 0 Å². The zero-order valence-electron chi connectivity index (χ0n) is 4.20. The van der Waals surface area contributed by atoms with E-state index in [1.54, 1.807) is 0 Å². The summed E-state index contributed by atoms with van der Waals surface area (Å²) in [5, 5.41) is 0. The molecule has 6 heteroatoms. The lowest BCUT2D eigenvalue weighted by molar-refractivity contribution is -0.149. The molecular formula is C3H2O5P+. The fourth-order valence-corrected chi connectivity index (χ4v) is 0.866. The summed E-state index contributed by atoms with van der Waals surface area (Å²) in [6.45, 7) is 0. The first kappa shape index (κ1) is 6.16.